The molecule has 194 valence electrons. The van der Waals surface area contributed by atoms with Gasteiger partial charge in [0.15, 0.2) is 11.0 Å². The number of fused-ring (bicyclic) bond motifs is 3. The van der Waals surface area contributed by atoms with Crippen LogP contribution in [0.25, 0.3) is 10.9 Å². The molecule has 2 saturated heterocycles. The number of hydrogen-bond donors (Lipinski definition) is 1. The van der Waals surface area contributed by atoms with Gasteiger partial charge in [0.25, 0.3) is 0 Å². The fourth-order valence-electron chi connectivity index (χ4n) is 6.76. The lowest BCUT2D eigenvalue weighted by atomic mass is 9.36. The maximum atomic E-state index is 15.0. The summed E-state index contributed by atoms with van der Waals surface area (Å²) in [6.45, 7) is 7.29. The third-order valence-corrected chi connectivity index (χ3v) is 8.34. The summed E-state index contributed by atoms with van der Waals surface area (Å²) in [5.74, 6) is -0.175. The van der Waals surface area contributed by atoms with Gasteiger partial charge in [0.2, 0.25) is 0 Å². The third kappa shape index (κ3) is 3.84. The van der Waals surface area contributed by atoms with Gasteiger partial charge >= 0.3 is 12.1 Å². The highest BCUT2D eigenvalue weighted by Crippen LogP contribution is 2.72. The second kappa shape index (κ2) is 8.02. The first-order valence-electron chi connectivity index (χ1n) is 12.5. The summed E-state index contributed by atoms with van der Waals surface area (Å²) in [4.78, 5) is 29.8. The number of aromatic nitrogens is 3. The molecule has 2 aromatic heterocycles. The number of aliphatic hydroxyl groups excluding tert-OH is 1. The van der Waals surface area contributed by atoms with Crippen LogP contribution in [-0.2, 0) is 4.74 Å². The quantitative estimate of drug-likeness (QED) is 0.593. The Bertz CT molecular complexity index is 1200. The molecule has 2 aliphatic heterocycles. The van der Waals surface area contributed by atoms with Gasteiger partial charge in [-0.15, -0.1) is 0 Å². The molecule has 3 aliphatic carbocycles. The number of aliphatic hydroxyl groups is 1. The highest BCUT2D eigenvalue weighted by atomic mass is 35.5. The van der Waals surface area contributed by atoms with Crippen LogP contribution in [-0.4, -0.2) is 75.0 Å². The molecule has 0 spiro atoms. The zero-order valence-corrected chi connectivity index (χ0v) is 21.5. The monoisotopic (exact) mass is 519 g/mol. The summed E-state index contributed by atoms with van der Waals surface area (Å²) < 4.78 is 26.7. The van der Waals surface area contributed by atoms with Crippen molar-refractivity contribution in [2.24, 2.45) is 10.8 Å². The van der Waals surface area contributed by atoms with Crippen LogP contribution in [0.3, 0.4) is 0 Å². The highest BCUT2D eigenvalue weighted by Gasteiger charge is 2.67. The summed E-state index contributed by atoms with van der Waals surface area (Å²) in [5.41, 5.74) is -0.380. The minimum Gasteiger partial charge on any atom is -0.463 e. The van der Waals surface area contributed by atoms with Gasteiger partial charge in [-0.1, -0.05) is 11.6 Å². The summed E-state index contributed by atoms with van der Waals surface area (Å²) in [5, 5.41) is 9.74. The SMILES string of the molecule is CC(C)(C)OC(=O)N1C2CCC1CN(c1nc(OCC34CC(CO)(C3)C4)nc3c(F)c(Cl)ncc13)C2. The number of hydrogen-bond acceptors (Lipinski definition) is 8. The van der Waals surface area contributed by atoms with Gasteiger partial charge in [0.05, 0.1) is 24.1 Å². The van der Waals surface area contributed by atoms with Crippen molar-refractivity contribution >= 4 is 34.4 Å². The molecule has 1 amide bonds. The number of carbonyl (C=O) groups excluding carboxylic acids is 1. The topological polar surface area (TPSA) is 101 Å². The molecule has 4 heterocycles. The van der Waals surface area contributed by atoms with Crippen LogP contribution in [0.5, 0.6) is 6.01 Å². The molecule has 2 unspecified atom stereocenters. The van der Waals surface area contributed by atoms with E-state index >= 15 is 4.39 Å². The van der Waals surface area contributed by atoms with Crippen molar-refractivity contribution in [1.29, 1.82) is 0 Å². The second-order valence-electron chi connectivity index (χ2n) is 12.1. The molecule has 5 aliphatic rings. The highest BCUT2D eigenvalue weighted by molar-refractivity contribution is 6.30. The van der Waals surface area contributed by atoms with Crippen LogP contribution in [0, 0.1) is 16.6 Å². The van der Waals surface area contributed by atoms with Crippen LogP contribution < -0.4 is 9.64 Å². The van der Waals surface area contributed by atoms with E-state index in [1.165, 1.54) is 6.20 Å². The summed E-state index contributed by atoms with van der Waals surface area (Å²) in [7, 11) is 0. The van der Waals surface area contributed by atoms with Crippen LogP contribution in [0.4, 0.5) is 15.0 Å². The lowest BCUT2D eigenvalue weighted by Crippen LogP contribution is -2.65. The first-order valence-corrected chi connectivity index (χ1v) is 12.9. The molecule has 2 aromatic rings. The Morgan fingerprint density at radius 1 is 1.19 bits per heavy atom. The third-order valence-electron chi connectivity index (χ3n) is 8.08. The molecule has 1 N–H and O–H groups in total. The zero-order valence-electron chi connectivity index (χ0n) is 20.8. The molecule has 36 heavy (non-hydrogen) atoms. The first-order chi connectivity index (χ1) is 17.0. The van der Waals surface area contributed by atoms with Crippen molar-refractivity contribution in [3.63, 3.8) is 0 Å². The number of piperazine rings is 1. The number of anilines is 1. The van der Waals surface area contributed by atoms with E-state index in [4.69, 9.17) is 26.1 Å². The minimum absolute atomic E-state index is 0.0338. The van der Waals surface area contributed by atoms with Crippen LogP contribution in [0.1, 0.15) is 52.9 Å². The Kier molecular flexibility index (Phi) is 5.32. The van der Waals surface area contributed by atoms with Gasteiger partial charge in [-0.05, 0) is 58.3 Å². The molecule has 3 saturated carbocycles. The maximum absolute atomic E-state index is 15.0. The fraction of sp³-hybridized carbons (Fsp3) is 0.680. The average molecular weight is 520 g/mol. The van der Waals surface area contributed by atoms with E-state index < -0.39 is 11.4 Å². The molecule has 9 nitrogen and oxygen atoms in total. The number of halogens is 2. The smallest absolute Gasteiger partial charge is 0.410 e. The molecule has 2 atom stereocenters. The van der Waals surface area contributed by atoms with Crippen molar-refractivity contribution in [3.05, 3.63) is 17.2 Å². The van der Waals surface area contributed by atoms with Crippen molar-refractivity contribution in [2.45, 2.75) is 70.6 Å². The molecule has 11 heteroatoms. The van der Waals surface area contributed by atoms with E-state index in [1.807, 2.05) is 25.7 Å². The Morgan fingerprint density at radius 2 is 1.86 bits per heavy atom. The Hall–Kier alpha value is -2.46. The molecule has 0 radical (unpaired) electrons. The Morgan fingerprint density at radius 3 is 2.47 bits per heavy atom. The Balaban J connectivity index is 1.27. The van der Waals surface area contributed by atoms with E-state index in [0.717, 1.165) is 32.1 Å². The molecule has 5 fully saturated rings. The fourth-order valence-corrected chi connectivity index (χ4v) is 6.90. The maximum Gasteiger partial charge on any atom is 0.410 e. The van der Waals surface area contributed by atoms with Crippen molar-refractivity contribution in [1.82, 2.24) is 19.9 Å². The molecule has 4 bridgehead atoms. The van der Waals surface area contributed by atoms with E-state index in [2.05, 4.69) is 14.9 Å². The largest absolute Gasteiger partial charge is 0.463 e. The number of carbonyl (C=O) groups is 1. The van der Waals surface area contributed by atoms with Crippen LogP contribution in [0.2, 0.25) is 5.15 Å². The summed E-state index contributed by atoms with van der Waals surface area (Å²) in [6, 6.07) is 0.0328. The van der Waals surface area contributed by atoms with Gasteiger partial charge in [0, 0.05) is 31.3 Å². The number of nitrogens with zero attached hydrogens (tertiary/aromatic N) is 5. The molecular weight excluding hydrogens is 489 g/mol. The average Bonchev–Trinajstić information content (AvgIpc) is 3.03. The predicted octanol–water partition coefficient (Wildman–Crippen LogP) is 3.95. The van der Waals surface area contributed by atoms with Gasteiger partial charge in [-0.3, -0.25) is 4.90 Å². The first kappa shape index (κ1) is 23.9. The lowest BCUT2D eigenvalue weighted by Gasteiger charge is -2.69. The zero-order chi connectivity index (χ0) is 25.5. The standard InChI is InChI=1S/C25H31ClFN5O4/c1-23(2,3)36-22(34)32-14-4-5-15(32)8-31(7-14)20-16-6-28-19(26)17(27)18(16)29-21(30-20)35-13-25-9-24(10-25,11-25)12-33/h6,14-15,33H,4-5,7-13H2,1-3H3. The van der Waals surface area contributed by atoms with E-state index in [-0.39, 0.29) is 52.3 Å². The van der Waals surface area contributed by atoms with Crippen molar-refractivity contribution in [3.8, 4) is 6.01 Å². The Labute approximate surface area is 213 Å². The normalized spacial score (nSPS) is 30.7. The van der Waals surface area contributed by atoms with E-state index in [1.54, 1.807) is 0 Å². The molecular formula is C25H31ClFN5O4. The van der Waals surface area contributed by atoms with Crippen LogP contribution >= 0.6 is 11.6 Å². The second-order valence-corrected chi connectivity index (χ2v) is 12.5. The molecule has 7 rings (SSSR count). The minimum atomic E-state index is -0.706. The van der Waals surface area contributed by atoms with Crippen molar-refractivity contribution < 1.29 is 23.8 Å². The number of ether oxygens (including phenoxy) is 2. The number of pyridine rings is 1. The lowest BCUT2D eigenvalue weighted by molar-refractivity contribution is -0.236. The number of amides is 1. The van der Waals surface area contributed by atoms with Gasteiger partial charge in [-0.25, -0.2) is 14.2 Å². The van der Waals surface area contributed by atoms with Crippen LogP contribution in [0.15, 0.2) is 6.20 Å². The summed E-state index contributed by atoms with van der Waals surface area (Å²) >= 11 is 5.98. The van der Waals surface area contributed by atoms with E-state index in [9.17, 15) is 9.90 Å². The molecule has 0 aromatic carbocycles. The summed E-state index contributed by atoms with van der Waals surface area (Å²) in [6.07, 6.45) is 5.70. The van der Waals surface area contributed by atoms with Crippen molar-refractivity contribution in [2.75, 3.05) is 31.2 Å². The van der Waals surface area contributed by atoms with Gasteiger partial charge < -0.3 is 19.5 Å². The predicted molar refractivity (Wildman–Crippen MR) is 131 cm³/mol. The van der Waals surface area contributed by atoms with Gasteiger partial charge in [0.1, 0.15) is 16.9 Å². The van der Waals surface area contributed by atoms with Gasteiger partial charge in [-0.2, -0.15) is 9.97 Å². The van der Waals surface area contributed by atoms with E-state index in [0.29, 0.717) is 30.9 Å². The number of rotatable bonds is 5.